The van der Waals surface area contributed by atoms with Crippen LogP contribution in [0.4, 0.5) is 0 Å². The standard InChI is InChI=1S/C41H65NO5/c1-12-35(30-19-23-32(43)24-20-30)42-28-39(7,8)36(31-21-25-34(26-22-31)46-29(3)45-13-2)40(9,10)41(11,27-38(4,5)6)37(44)47-33-17-15-14-16-18-33/h19-26,29,33,35-36,42-43H,12-18,27-28H2,1-11H3. The number of hydrogen-bond acceptors (Lipinski definition) is 6. The molecule has 1 saturated carbocycles. The number of aromatic hydroxyl groups is 1. The summed E-state index contributed by atoms with van der Waals surface area (Å²) < 4.78 is 18.1. The highest BCUT2D eigenvalue weighted by molar-refractivity contribution is 5.78. The monoisotopic (exact) mass is 651 g/mol. The number of phenols is 1. The molecule has 2 aromatic carbocycles. The van der Waals surface area contributed by atoms with Crippen LogP contribution in [0.25, 0.3) is 0 Å². The molecule has 0 spiro atoms. The van der Waals surface area contributed by atoms with Gasteiger partial charge in [0.2, 0.25) is 0 Å². The molecule has 0 heterocycles. The Labute approximate surface area is 286 Å². The Morgan fingerprint density at radius 3 is 1.98 bits per heavy atom. The van der Waals surface area contributed by atoms with Crippen molar-refractivity contribution < 1.29 is 24.1 Å². The normalized spacial score (nSPS) is 18.2. The second kappa shape index (κ2) is 16.2. The van der Waals surface area contributed by atoms with Crippen molar-refractivity contribution in [2.45, 2.75) is 145 Å². The van der Waals surface area contributed by atoms with Gasteiger partial charge in [0.1, 0.15) is 17.6 Å². The van der Waals surface area contributed by atoms with Gasteiger partial charge in [-0.3, -0.25) is 4.79 Å². The third-order valence-corrected chi connectivity index (χ3v) is 10.5. The maximum Gasteiger partial charge on any atom is 0.312 e. The molecule has 4 atom stereocenters. The number of esters is 1. The molecular formula is C41H65NO5. The Morgan fingerprint density at radius 1 is 0.872 bits per heavy atom. The lowest BCUT2D eigenvalue weighted by molar-refractivity contribution is -0.176. The van der Waals surface area contributed by atoms with E-state index in [1.165, 1.54) is 12.0 Å². The number of rotatable bonds is 16. The maximum absolute atomic E-state index is 14.6. The van der Waals surface area contributed by atoms with Gasteiger partial charge in [-0.05, 0) is 117 Å². The van der Waals surface area contributed by atoms with Gasteiger partial charge in [0, 0.05) is 19.2 Å². The first-order chi connectivity index (χ1) is 21.9. The fourth-order valence-corrected chi connectivity index (χ4v) is 8.14. The second-order valence-corrected chi connectivity index (χ2v) is 16.5. The lowest BCUT2D eigenvalue weighted by Crippen LogP contribution is -2.53. The molecule has 4 unspecified atom stereocenters. The fraction of sp³-hybridized carbons (Fsp3) is 0.683. The zero-order chi connectivity index (χ0) is 35.0. The largest absolute Gasteiger partial charge is 0.508 e. The summed E-state index contributed by atoms with van der Waals surface area (Å²) in [6.45, 7) is 25.4. The molecule has 2 N–H and O–H groups in total. The fourth-order valence-electron chi connectivity index (χ4n) is 8.14. The zero-order valence-electron chi connectivity index (χ0n) is 31.4. The van der Waals surface area contributed by atoms with Crippen LogP contribution < -0.4 is 10.1 Å². The van der Waals surface area contributed by atoms with E-state index < -0.39 is 10.8 Å². The van der Waals surface area contributed by atoms with Gasteiger partial charge in [-0.1, -0.05) is 86.1 Å². The quantitative estimate of drug-likeness (QED) is 0.139. The Kier molecular flexibility index (Phi) is 13.4. The summed E-state index contributed by atoms with van der Waals surface area (Å²) in [6, 6.07) is 16.0. The summed E-state index contributed by atoms with van der Waals surface area (Å²) >= 11 is 0. The summed E-state index contributed by atoms with van der Waals surface area (Å²) in [5.41, 5.74) is 0.683. The predicted octanol–water partition coefficient (Wildman–Crippen LogP) is 10.3. The van der Waals surface area contributed by atoms with Crippen LogP contribution in [0, 0.1) is 21.7 Å². The molecule has 0 amide bonds. The van der Waals surface area contributed by atoms with Crippen molar-refractivity contribution >= 4 is 5.97 Å². The van der Waals surface area contributed by atoms with Gasteiger partial charge in [0.05, 0.1) is 5.41 Å². The van der Waals surface area contributed by atoms with Gasteiger partial charge in [0.15, 0.2) is 6.29 Å². The minimum atomic E-state index is -0.760. The molecule has 6 heteroatoms. The van der Waals surface area contributed by atoms with Crippen LogP contribution in [0.15, 0.2) is 48.5 Å². The summed E-state index contributed by atoms with van der Waals surface area (Å²) in [5.74, 6) is 0.936. The molecule has 1 aliphatic rings. The van der Waals surface area contributed by atoms with E-state index in [1.54, 1.807) is 12.1 Å². The molecule has 0 aliphatic heterocycles. The Morgan fingerprint density at radius 2 is 1.45 bits per heavy atom. The lowest BCUT2D eigenvalue weighted by Gasteiger charge is -2.54. The van der Waals surface area contributed by atoms with Crippen molar-refractivity contribution in [2.75, 3.05) is 13.2 Å². The summed E-state index contributed by atoms with van der Waals surface area (Å²) in [7, 11) is 0. The SMILES string of the molecule is CCOC(C)Oc1ccc(C(C(C)(C)CNC(CC)c2ccc(O)cc2)C(C)(C)C(C)(CC(C)(C)C)C(=O)OC2CCCCC2)cc1. The number of phenolic OH excluding ortho intramolecular Hbond substituents is 1. The Hall–Kier alpha value is -2.57. The van der Waals surface area contributed by atoms with E-state index in [2.05, 4.69) is 79.8 Å². The first-order valence-electron chi connectivity index (χ1n) is 18.0. The van der Waals surface area contributed by atoms with E-state index >= 15 is 0 Å². The van der Waals surface area contributed by atoms with Crippen molar-refractivity contribution in [1.82, 2.24) is 5.32 Å². The highest BCUT2D eigenvalue weighted by atomic mass is 16.7. The number of carbonyl (C=O) groups is 1. The molecule has 0 radical (unpaired) electrons. The molecular weight excluding hydrogens is 586 g/mol. The highest BCUT2D eigenvalue weighted by Gasteiger charge is 2.57. The minimum absolute atomic E-state index is 0.00106. The van der Waals surface area contributed by atoms with Crippen molar-refractivity contribution in [3.63, 3.8) is 0 Å². The van der Waals surface area contributed by atoms with Gasteiger partial charge in [-0.25, -0.2) is 0 Å². The van der Waals surface area contributed by atoms with E-state index in [1.807, 2.05) is 38.1 Å². The number of benzene rings is 2. The van der Waals surface area contributed by atoms with Crippen molar-refractivity contribution in [3.05, 3.63) is 59.7 Å². The molecule has 1 fully saturated rings. The minimum Gasteiger partial charge on any atom is -0.508 e. The molecule has 1 aliphatic carbocycles. The van der Waals surface area contributed by atoms with E-state index in [0.717, 1.165) is 50.0 Å². The predicted molar refractivity (Wildman–Crippen MR) is 193 cm³/mol. The van der Waals surface area contributed by atoms with Crippen LogP contribution in [0.2, 0.25) is 0 Å². The van der Waals surface area contributed by atoms with Gasteiger partial charge in [0.25, 0.3) is 0 Å². The molecule has 264 valence electrons. The number of ether oxygens (including phenoxy) is 3. The van der Waals surface area contributed by atoms with E-state index in [4.69, 9.17) is 14.2 Å². The average molecular weight is 652 g/mol. The van der Waals surface area contributed by atoms with Gasteiger partial charge in [-0.15, -0.1) is 0 Å². The Bertz CT molecular complexity index is 1240. The summed E-state index contributed by atoms with van der Waals surface area (Å²) in [4.78, 5) is 14.6. The molecule has 47 heavy (non-hydrogen) atoms. The van der Waals surface area contributed by atoms with Crippen molar-refractivity contribution in [3.8, 4) is 11.5 Å². The molecule has 0 bridgehead atoms. The molecule has 0 saturated heterocycles. The van der Waals surface area contributed by atoms with E-state index in [9.17, 15) is 9.90 Å². The number of hydrogen-bond donors (Lipinski definition) is 2. The van der Waals surface area contributed by atoms with Crippen LogP contribution in [-0.2, 0) is 14.3 Å². The second-order valence-electron chi connectivity index (χ2n) is 16.5. The maximum atomic E-state index is 14.6. The third kappa shape index (κ3) is 10.2. The van der Waals surface area contributed by atoms with Crippen LogP contribution in [0.1, 0.15) is 144 Å². The van der Waals surface area contributed by atoms with Gasteiger partial charge < -0.3 is 24.6 Å². The van der Waals surface area contributed by atoms with Gasteiger partial charge >= 0.3 is 5.97 Å². The van der Waals surface area contributed by atoms with Crippen LogP contribution in [-0.4, -0.2) is 36.6 Å². The van der Waals surface area contributed by atoms with E-state index in [0.29, 0.717) is 13.0 Å². The summed E-state index contributed by atoms with van der Waals surface area (Å²) in [5, 5.41) is 13.8. The van der Waals surface area contributed by atoms with Crippen LogP contribution in [0.3, 0.4) is 0 Å². The lowest BCUT2D eigenvalue weighted by atomic mass is 9.49. The van der Waals surface area contributed by atoms with Crippen molar-refractivity contribution in [1.29, 1.82) is 0 Å². The smallest absolute Gasteiger partial charge is 0.312 e. The Balaban J connectivity index is 2.07. The molecule has 0 aromatic heterocycles. The van der Waals surface area contributed by atoms with Crippen molar-refractivity contribution in [2.24, 2.45) is 21.7 Å². The van der Waals surface area contributed by atoms with Gasteiger partial charge in [-0.2, -0.15) is 0 Å². The topological polar surface area (TPSA) is 77.0 Å². The number of carbonyl (C=O) groups excluding carboxylic acids is 1. The first-order valence-corrected chi connectivity index (χ1v) is 18.0. The van der Waals surface area contributed by atoms with Crippen LogP contribution >= 0.6 is 0 Å². The highest BCUT2D eigenvalue weighted by Crippen LogP contribution is 2.60. The van der Waals surface area contributed by atoms with Crippen LogP contribution in [0.5, 0.6) is 11.5 Å². The first kappa shape index (κ1) is 38.9. The average Bonchev–Trinajstić information content (AvgIpc) is 2.98. The summed E-state index contributed by atoms with van der Waals surface area (Å²) in [6.07, 6.45) is 6.64. The molecule has 2 aromatic rings. The zero-order valence-corrected chi connectivity index (χ0v) is 31.4. The molecule has 6 nitrogen and oxygen atoms in total. The number of nitrogens with one attached hydrogen (secondary N) is 1. The third-order valence-electron chi connectivity index (χ3n) is 10.5. The van der Waals surface area contributed by atoms with E-state index in [-0.39, 0.29) is 46.9 Å². The molecule has 3 rings (SSSR count).